The fourth-order valence-electron chi connectivity index (χ4n) is 1.41. The molecule has 4 N–H and O–H groups in total. The number of aromatic nitrogens is 2. The van der Waals surface area contributed by atoms with Crippen LogP contribution < -0.4 is 11.5 Å². The molecule has 0 amide bonds. The molecular formula is C9H12N4. The SMILES string of the molecule is NCCn1ncc2cc(N)ccc21. The highest BCUT2D eigenvalue weighted by Crippen LogP contribution is 2.16. The first-order chi connectivity index (χ1) is 6.31. The lowest BCUT2D eigenvalue weighted by Gasteiger charge is -2.00. The molecule has 1 heterocycles. The minimum absolute atomic E-state index is 0.598. The monoisotopic (exact) mass is 176 g/mol. The van der Waals surface area contributed by atoms with Crippen LogP contribution in [0.25, 0.3) is 10.9 Å². The van der Waals surface area contributed by atoms with Gasteiger partial charge in [-0.2, -0.15) is 5.10 Å². The fourth-order valence-corrected chi connectivity index (χ4v) is 1.41. The zero-order valence-corrected chi connectivity index (χ0v) is 7.27. The maximum absolute atomic E-state index is 5.65. The maximum atomic E-state index is 5.65. The second kappa shape index (κ2) is 3.06. The van der Waals surface area contributed by atoms with Crippen molar-refractivity contribution in [3.8, 4) is 0 Å². The summed E-state index contributed by atoms with van der Waals surface area (Å²) >= 11 is 0. The Balaban J connectivity index is 2.55. The molecule has 0 aliphatic heterocycles. The van der Waals surface area contributed by atoms with Gasteiger partial charge in [0, 0.05) is 17.6 Å². The van der Waals surface area contributed by atoms with Gasteiger partial charge in [-0.3, -0.25) is 4.68 Å². The third-order valence-electron chi connectivity index (χ3n) is 2.01. The predicted molar refractivity (Wildman–Crippen MR) is 53.2 cm³/mol. The molecule has 1 aromatic carbocycles. The van der Waals surface area contributed by atoms with E-state index in [1.807, 2.05) is 22.9 Å². The molecule has 0 aliphatic rings. The molecule has 13 heavy (non-hydrogen) atoms. The first-order valence-electron chi connectivity index (χ1n) is 4.22. The molecule has 0 spiro atoms. The first-order valence-corrected chi connectivity index (χ1v) is 4.22. The molecule has 0 unspecified atom stereocenters. The average molecular weight is 176 g/mol. The smallest absolute Gasteiger partial charge is 0.0684 e. The van der Waals surface area contributed by atoms with Crippen LogP contribution in [-0.4, -0.2) is 16.3 Å². The normalized spacial score (nSPS) is 10.8. The fraction of sp³-hybridized carbons (Fsp3) is 0.222. The summed E-state index contributed by atoms with van der Waals surface area (Å²) in [5, 5.41) is 5.27. The lowest BCUT2D eigenvalue weighted by Crippen LogP contribution is -2.10. The third kappa shape index (κ3) is 1.36. The first kappa shape index (κ1) is 8.07. The van der Waals surface area contributed by atoms with E-state index in [9.17, 15) is 0 Å². The van der Waals surface area contributed by atoms with Crippen LogP contribution in [0.4, 0.5) is 5.69 Å². The lowest BCUT2D eigenvalue weighted by atomic mass is 10.2. The number of hydrogen-bond acceptors (Lipinski definition) is 3. The van der Waals surface area contributed by atoms with Crippen molar-refractivity contribution in [1.82, 2.24) is 9.78 Å². The largest absolute Gasteiger partial charge is 0.399 e. The Hall–Kier alpha value is -1.55. The van der Waals surface area contributed by atoms with E-state index >= 15 is 0 Å². The molecular weight excluding hydrogens is 164 g/mol. The zero-order chi connectivity index (χ0) is 9.26. The van der Waals surface area contributed by atoms with Gasteiger partial charge in [-0.05, 0) is 18.2 Å². The molecule has 0 saturated carbocycles. The molecule has 0 fully saturated rings. The van der Waals surface area contributed by atoms with Crippen LogP contribution in [0.1, 0.15) is 0 Å². The van der Waals surface area contributed by atoms with Gasteiger partial charge < -0.3 is 11.5 Å². The number of nitrogens with two attached hydrogens (primary N) is 2. The van der Waals surface area contributed by atoms with E-state index in [0.29, 0.717) is 6.54 Å². The molecule has 0 bridgehead atoms. The van der Waals surface area contributed by atoms with Crippen molar-refractivity contribution in [3.63, 3.8) is 0 Å². The number of rotatable bonds is 2. The Morgan fingerprint density at radius 1 is 1.38 bits per heavy atom. The summed E-state index contributed by atoms with van der Waals surface area (Å²) in [5.41, 5.74) is 12.9. The molecule has 0 radical (unpaired) electrons. The average Bonchev–Trinajstić information content (AvgIpc) is 2.49. The molecule has 0 atom stereocenters. The Kier molecular flexibility index (Phi) is 1.90. The number of anilines is 1. The summed E-state index contributed by atoms with van der Waals surface area (Å²) in [5.74, 6) is 0. The third-order valence-corrected chi connectivity index (χ3v) is 2.01. The molecule has 4 heteroatoms. The van der Waals surface area contributed by atoms with Gasteiger partial charge in [-0.15, -0.1) is 0 Å². The molecule has 0 aliphatic carbocycles. The van der Waals surface area contributed by atoms with Crippen molar-refractivity contribution < 1.29 is 0 Å². The van der Waals surface area contributed by atoms with Gasteiger partial charge in [0.15, 0.2) is 0 Å². The minimum atomic E-state index is 0.598. The van der Waals surface area contributed by atoms with Crippen LogP contribution in [0.3, 0.4) is 0 Å². The van der Waals surface area contributed by atoms with Gasteiger partial charge in [0.05, 0.1) is 18.3 Å². The summed E-state index contributed by atoms with van der Waals surface area (Å²) in [6.45, 7) is 1.34. The Labute approximate surface area is 76.1 Å². The van der Waals surface area contributed by atoms with Crippen molar-refractivity contribution in [2.45, 2.75) is 6.54 Å². The topological polar surface area (TPSA) is 69.9 Å². The van der Waals surface area contributed by atoms with Gasteiger partial charge >= 0.3 is 0 Å². The molecule has 4 nitrogen and oxygen atoms in total. The number of nitrogen functional groups attached to an aromatic ring is 1. The van der Waals surface area contributed by atoms with Gasteiger partial charge in [0.1, 0.15) is 0 Å². The maximum Gasteiger partial charge on any atom is 0.0684 e. The van der Waals surface area contributed by atoms with Crippen LogP contribution in [-0.2, 0) is 6.54 Å². The van der Waals surface area contributed by atoms with E-state index in [2.05, 4.69) is 5.10 Å². The second-order valence-corrected chi connectivity index (χ2v) is 2.97. The van der Waals surface area contributed by atoms with Gasteiger partial charge in [-0.1, -0.05) is 0 Å². The lowest BCUT2D eigenvalue weighted by molar-refractivity contribution is 0.646. The second-order valence-electron chi connectivity index (χ2n) is 2.97. The Morgan fingerprint density at radius 3 is 3.00 bits per heavy atom. The molecule has 1 aromatic heterocycles. The summed E-state index contributed by atoms with van der Waals surface area (Å²) in [4.78, 5) is 0. The van der Waals surface area contributed by atoms with E-state index in [1.54, 1.807) is 6.20 Å². The summed E-state index contributed by atoms with van der Waals surface area (Å²) in [6, 6.07) is 5.75. The number of nitrogens with zero attached hydrogens (tertiary/aromatic N) is 2. The zero-order valence-electron chi connectivity index (χ0n) is 7.27. The van der Waals surface area contributed by atoms with Crippen molar-refractivity contribution in [1.29, 1.82) is 0 Å². The number of fused-ring (bicyclic) bond motifs is 1. The molecule has 2 rings (SSSR count). The van der Waals surface area contributed by atoms with Crippen LogP contribution in [0, 0.1) is 0 Å². The van der Waals surface area contributed by atoms with Crippen LogP contribution in [0.5, 0.6) is 0 Å². The predicted octanol–water partition coefficient (Wildman–Crippen LogP) is 0.577. The van der Waals surface area contributed by atoms with Crippen molar-refractivity contribution in [2.24, 2.45) is 5.73 Å². The molecule has 68 valence electrons. The van der Waals surface area contributed by atoms with Gasteiger partial charge in [0.2, 0.25) is 0 Å². The summed E-state index contributed by atoms with van der Waals surface area (Å²) < 4.78 is 1.88. The quantitative estimate of drug-likeness (QED) is 0.657. The van der Waals surface area contributed by atoms with Crippen LogP contribution in [0.15, 0.2) is 24.4 Å². The van der Waals surface area contributed by atoms with Crippen molar-refractivity contribution >= 4 is 16.6 Å². The summed E-state index contributed by atoms with van der Waals surface area (Å²) in [6.07, 6.45) is 1.81. The van der Waals surface area contributed by atoms with Crippen molar-refractivity contribution in [3.05, 3.63) is 24.4 Å². The molecule has 2 aromatic rings. The van der Waals surface area contributed by atoms with E-state index in [4.69, 9.17) is 11.5 Å². The highest BCUT2D eigenvalue weighted by Gasteiger charge is 2.00. The minimum Gasteiger partial charge on any atom is -0.399 e. The standard InChI is InChI=1S/C9H12N4/c10-3-4-13-9-2-1-8(11)5-7(9)6-12-13/h1-2,5-6H,3-4,10-11H2. The number of benzene rings is 1. The van der Waals surface area contributed by atoms with Crippen molar-refractivity contribution in [2.75, 3.05) is 12.3 Å². The van der Waals surface area contributed by atoms with E-state index < -0.39 is 0 Å². The highest BCUT2D eigenvalue weighted by molar-refractivity contribution is 5.81. The van der Waals surface area contributed by atoms with Gasteiger partial charge in [-0.25, -0.2) is 0 Å². The number of hydrogen-bond donors (Lipinski definition) is 2. The van der Waals surface area contributed by atoms with E-state index in [1.165, 1.54) is 0 Å². The highest BCUT2D eigenvalue weighted by atomic mass is 15.3. The molecule has 0 saturated heterocycles. The summed E-state index contributed by atoms with van der Waals surface area (Å²) in [7, 11) is 0. The van der Waals surface area contributed by atoms with Crippen LogP contribution >= 0.6 is 0 Å². The Morgan fingerprint density at radius 2 is 2.23 bits per heavy atom. The Bertz CT molecular complexity index is 418. The van der Waals surface area contributed by atoms with E-state index in [0.717, 1.165) is 23.1 Å². The van der Waals surface area contributed by atoms with Crippen LogP contribution in [0.2, 0.25) is 0 Å². The van der Waals surface area contributed by atoms with Gasteiger partial charge in [0.25, 0.3) is 0 Å². The van der Waals surface area contributed by atoms with E-state index in [-0.39, 0.29) is 0 Å².